The Morgan fingerprint density at radius 1 is 1.32 bits per heavy atom. The maximum Gasteiger partial charge on any atom is 0.227 e. The summed E-state index contributed by atoms with van der Waals surface area (Å²) in [5.41, 5.74) is 2.39. The molecule has 0 saturated carbocycles. The summed E-state index contributed by atoms with van der Waals surface area (Å²) in [6.07, 6.45) is 3.88. The number of aromatic nitrogens is 2. The van der Waals surface area contributed by atoms with Gasteiger partial charge in [-0.1, -0.05) is 41.6 Å². The number of hydrogen-bond donors (Lipinski definition) is 1. The van der Waals surface area contributed by atoms with Crippen molar-refractivity contribution in [2.24, 2.45) is 0 Å². The fourth-order valence-electron chi connectivity index (χ4n) is 3.13. The van der Waals surface area contributed by atoms with Crippen LogP contribution < -0.4 is 5.32 Å². The van der Waals surface area contributed by atoms with Crippen LogP contribution in [-0.4, -0.2) is 66.1 Å². The van der Waals surface area contributed by atoms with Gasteiger partial charge in [0.1, 0.15) is 0 Å². The number of hydrogen-bond acceptors (Lipinski definition) is 6. The lowest BCUT2D eigenvalue weighted by molar-refractivity contribution is -0.121. The maximum atomic E-state index is 12.1. The van der Waals surface area contributed by atoms with Crippen molar-refractivity contribution in [3.05, 3.63) is 53.7 Å². The van der Waals surface area contributed by atoms with E-state index in [0.717, 1.165) is 38.2 Å². The molecule has 0 unspecified atom stereocenters. The van der Waals surface area contributed by atoms with E-state index in [1.54, 1.807) is 0 Å². The molecule has 7 heteroatoms. The van der Waals surface area contributed by atoms with Crippen LogP contribution in [0.1, 0.15) is 30.1 Å². The van der Waals surface area contributed by atoms with E-state index >= 15 is 0 Å². The summed E-state index contributed by atoms with van der Waals surface area (Å²) >= 11 is 0. The molecule has 1 aliphatic heterocycles. The van der Waals surface area contributed by atoms with Crippen LogP contribution in [0, 0.1) is 0 Å². The minimum absolute atomic E-state index is 0.00590. The van der Waals surface area contributed by atoms with Crippen molar-refractivity contribution in [1.29, 1.82) is 0 Å². The number of rotatable bonds is 9. The summed E-state index contributed by atoms with van der Waals surface area (Å²) in [6.45, 7) is 4.19. The molecule has 1 N–H and O–H groups in total. The van der Waals surface area contributed by atoms with E-state index in [2.05, 4.69) is 57.6 Å². The predicted octanol–water partition coefficient (Wildman–Crippen LogP) is 1.97. The molecule has 1 amide bonds. The highest BCUT2D eigenvalue weighted by molar-refractivity contribution is 5.76. The number of carbonyl (C=O) groups is 1. The lowest BCUT2D eigenvalue weighted by atomic mass is 10.1. The van der Waals surface area contributed by atoms with Gasteiger partial charge >= 0.3 is 0 Å². The second-order valence-electron chi connectivity index (χ2n) is 7.33. The molecule has 2 aromatic rings. The van der Waals surface area contributed by atoms with Crippen molar-refractivity contribution in [2.45, 2.75) is 25.8 Å². The molecule has 3 rings (SSSR count). The first-order chi connectivity index (χ1) is 13.6. The molecule has 0 bridgehead atoms. The molecule has 0 saturated heterocycles. The SMILES string of the molecule is CN1CC=C(c2noc(CCC(=O)NCCN(C)Cc3ccccc3)n2)CC1. The third kappa shape index (κ3) is 6.28. The molecular weight excluding hydrogens is 354 g/mol. The second-order valence-corrected chi connectivity index (χ2v) is 7.33. The second kappa shape index (κ2) is 10.1. The largest absolute Gasteiger partial charge is 0.355 e. The molecule has 1 aliphatic rings. The van der Waals surface area contributed by atoms with Crippen molar-refractivity contribution in [1.82, 2.24) is 25.3 Å². The van der Waals surface area contributed by atoms with Crippen LogP contribution in [0.5, 0.6) is 0 Å². The average molecular weight is 383 g/mol. The highest BCUT2D eigenvalue weighted by Gasteiger charge is 2.15. The molecule has 150 valence electrons. The van der Waals surface area contributed by atoms with E-state index in [1.165, 1.54) is 5.56 Å². The van der Waals surface area contributed by atoms with Crippen molar-refractivity contribution < 1.29 is 9.32 Å². The quantitative estimate of drug-likeness (QED) is 0.714. The number of benzene rings is 1. The van der Waals surface area contributed by atoms with Crippen molar-refractivity contribution in [2.75, 3.05) is 40.3 Å². The molecule has 1 aromatic carbocycles. The van der Waals surface area contributed by atoms with Crippen LogP contribution in [0.3, 0.4) is 0 Å². The molecule has 0 atom stereocenters. The maximum absolute atomic E-state index is 12.1. The topological polar surface area (TPSA) is 74.5 Å². The van der Waals surface area contributed by atoms with Crippen LogP contribution >= 0.6 is 0 Å². The summed E-state index contributed by atoms with van der Waals surface area (Å²) in [6, 6.07) is 10.3. The highest BCUT2D eigenvalue weighted by atomic mass is 16.5. The molecule has 0 spiro atoms. The standard InChI is InChI=1S/C21H29N5O2/c1-25-13-10-18(11-14-25)21-23-20(28-24-21)9-8-19(27)22-12-15-26(2)16-17-6-4-3-5-7-17/h3-7,10H,8-9,11-16H2,1-2H3,(H,22,27). The van der Waals surface area contributed by atoms with Gasteiger partial charge in [-0.25, -0.2) is 0 Å². The Kier molecular flexibility index (Phi) is 7.33. The van der Waals surface area contributed by atoms with Crippen molar-refractivity contribution in [3.8, 4) is 0 Å². The molecular formula is C21H29N5O2. The number of nitrogens with zero attached hydrogens (tertiary/aromatic N) is 4. The van der Waals surface area contributed by atoms with Gasteiger partial charge in [-0.05, 0) is 31.7 Å². The Balaban J connectivity index is 1.34. The Hall–Kier alpha value is -2.51. The monoisotopic (exact) mass is 383 g/mol. The summed E-state index contributed by atoms with van der Waals surface area (Å²) in [4.78, 5) is 20.9. The normalized spacial score (nSPS) is 14.9. The first-order valence-corrected chi connectivity index (χ1v) is 9.80. The first kappa shape index (κ1) is 20.2. The zero-order chi connectivity index (χ0) is 19.8. The Morgan fingerprint density at radius 2 is 2.14 bits per heavy atom. The summed E-state index contributed by atoms with van der Waals surface area (Å²) in [5, 5.41) is 7.01. The van der Waals surface area contributed by atoms with Gasteiger partial charge in [0.15, 0.2) is 5.82 Å². The number of aryl methyl sites for hydroxylation is 1. The van der Waals surface area contributed by atoms with Gasteiger partial charge in [-0.3, -0.25) is 4.79 Å². The van der Waals surface area contributed by atoms with Gasteiger partial charge in [0.25, 0.3) is 0 Å². The van der Waals surface area contributed by atoms with E-state index in [4.69, 9.17) is 4.52 Å². The third-order valence-electron chi connectivity index (χ3n) is 4.84. The molecule has 7 nitrogen and oxygen atoms in total. The summed E-state index contributed by atoms with van der Waals surface area (Å²) < 4.78 is 5.30. The van der Waals surface area contributed by atoms with Gasteiger partial charge in [-0.2, -0.15) is 4.98 Å². The van der Waals surface area contributed by atoms with Gasteiger partial charge in [0.05, 0.1) is 0 Å². The summed E-state index contributed by atoms with van der Waals surface area (Å²) in [7, 11) is 4.14. The number of amides is 1. The predicted molar refractivity (Wildman–Crippen MR) is 108 cm³/mol. The molecule has 28 heavy (non-hydrogen) atoms. The number of likely N-dealkylation sites (N-methyl/N-ethyl adjacent to an activating group) is 2. The fourth-order valence-corrected chi connectivity index (χ4v) is 3.13. The summed E-state index contributed by atoms with van der Waals surface area (Å²) in [5.74, 6) is 1.18. The highest BCUT2D eigenvalue weighted by Crippen LogP contribution is 2.19. The van der Waals surface area contributed by atoms with Gasteiger partial charge in [0, 0.05) is 45.6 Å². The van der Waals surface area contributed by atoms with Crippen LogP contribution in [-0.2, 0) is 17.8 Å². The van der Waals surface area contributed by atoms with E-state index in [1.807, 2.05) is 18.2 Å². The van der Waals surface area contributed by atoms with E-state index in [-0.39, 0.29) is 5.91 Å². The van der Waals surface area contributed by atoms with E-state index < -0.39 is 0 Å². The lowest BCUT2D eigenvalue weighted by Gasteiger charge is -2.19. The molecule has 1 aromatic heterocycles. The Morgan fingerprint density at radius 3 is 2.89 bits per heavy atom. The van der Waals surface area contributed by atoms with Crippen LogP contribution in [0.25, 0.3) is 5.57 Å². The zero-order valence-corrected chi connectivity index (χ0v) is 16.7. The number of carbonyl (C=O) groups excluding carboxylic acids is 1. The molecule has 0 fully saturated rings. The average Bonchev–Trinajstić information content (AvgIpc) is 3.17. The van der Waals surface area contributed by atoms with Crippen LogP contribution in [0.4, 0.5) is 0 Å². The zero-order valence-electron chi connectivity index (χ0n) is 16.7. The molecule has 0 aliphatic carbocycles. The minimum Gasteiger partial charge on any atom is -0.355 e. The van der Waals surface area contributed by atoms with E-state index in [0.29, 0.717) is 31.1 Å². The Bertz CT molecular complexity index is 787. The van der Waals surface area contributed by atoms with Crippen LogP contribution in [0.2, 0.25) is 0 Å². The molecule has 0 radical (unpaired) electrons. The smallest absolute Gasteiger partial charge is 0.227 e. The Labute approximate surface area is 166 Å². The van der Waals surface area contributed by atoms with Crippen molar-refractivity contribution >= 4 is 11.5 Å². The van der Waals surface area contributed by atoms with Crippen molar-refractivity contribution in [3.63, 3.8) is 0 Å². The van der Waals surface area contributed by atoms with Gasteiger partial charge in [-0.15, -0.1) is 0 Å². The van der Waals surface area contributed by atoms with Gasteiger partial charge < -0.3 is 19.6 Å². The third-order valence-corrected chi connectivity index (χ3v) is 4.84. The van der Waals surface area contributed by atoms with Gasteiger partial charge in [0.2, 0.25) is 11.8 Å². The van der Waals surface area contributed by atoms with Crippen LogP contribution in [0.15, 0.2) is 40.9 Å². The van der Waals surface area contributed by atoms with E-state index in [9.17, 15) is 4.79 Å². The first-order valence-electron chi connectivity index (χ1n) is 9.80. The lowest BCUT2D eigenvalue weighted by Crippen LogP contribution is -2.32. The minimum atomic E-state index is 0.00590. The fraction of sp³-hybridized carbons (Fsp3) is 0.476. The molecule has 2 heterocycles. The number of nitrogens with one attached hydrogen (secondary N) is 1.